The van der Waals surface area contributed by atoms with Crippen LogP contribution in [0.2, 0.25) is 0 Å². The molecule has 0 radical (unpaired) electrons. The van der Waals surface area contributed by atoms with Crippen LogP contribution in [0.1, 0.15) is 12.5 Å². The lowest BCUT2D eigenvalue weighted by Crippen LogP contribution is -2.19. The van der Waals surface area contributed by atoms with Crippen LogP contribution in [-0.2, 0) is 16.0 Å². The molecule has 5 nitrogen and oxygen atoms in total. The summed E-state index contributed by atoms with van der Waals surface area (Å²) in [6.45, 7) is 2.71. The van der Waals surface area contributed by atoms with Gasteiger partial charge in [0.05, 0.1) is 27.4 Å². The summed E-state index contributed by atoms with van der Waals surface area (Å²) in [5.74, 6) is 0.243. The number of ether oxygens (including phenoxy) is 2. The Kier molecular flexibility index (Phi) is 7.28. The number of rotatable bonds is 7. The Labute approximate surface area is 168 Å². The van der Waals surface area contributed by atoms with Gasteiger partial charge in [0.15, 0.2) is 5.75 Å². The number of nitrogens with one attached hydrogen (secondary N) is 1. The van der Waals surface area contributed by atoms with Gasteiger partial charge in [-0.2, -0.15) is 0 Å². The molecule has 2 aromatic rings. The fourth-order valence-electron chi connectivity index (χ4n) is 2.31. The molecule has 0 aliphatic rings. The maximum Gasteiger partial charge on any atom is 0.340 e. The number of hydrogen-bond donors (Lipinski definition) is 2. The van der Waals surface area contributed by atoms with Crippen LogP contribution >= 0.6 is 31.9 Å². The lowest BCUT2D eigenvalue weighted by Gasteiger charge is -2.14. The second-order valence-corrected chi connectivity index (χ2v) is 7.17. The van der Waals surface area contributed by atoms with Gasteiger partial charge in [0.25, 0.3) is 0 Å². The molecule has 1 atom stereocenters. The molecule has 0 saturated heterocycles. The highest BCUT2D eigenvalue weighted by molar-refractivity contribution is 9.11. The van der Waals surface area contributed by atoms with Gasteiger partial charge in [0.1, 0.15) is 5.75 Å². The number of carbonyl (C=O) groups excluding carboxylic acids is 1. The Morgan fingerprint density at radius 2 is 1.92 bits per heavy atom. The topological polar surface area (TPSA) is 73.6 Å². The number of anilines is 2. The smallest absolute Gasteiger partial charge is 0.340 e. The molecule has 0 bridgehead atoms. The molecule has 8 heteroatoms. The van der Waals surface area contributed by atoms with E-state index in [1.165, 1.54) is 0 Å². The highest BCUT2D eigenvalue weighted by Gasteiger charge is 2.20. The standard InChI is InChI=1S/C18H19Br2FN2O3/c1-3-23-16-9-11(4-5-15(16)22)26-17-12(19)6-10(7-13(17)20)8-14(21)18(24)25-2/h4-7,9,14,23H,3,8,22H2,1-2H3. The van der Waals surface area contributed by atoms with Crippen molar-refractivity contribution in [2.45, 2.75) is 19.5 Å². The van der Waals surface area contributed by atoms with E-state index in [0.717, 1.165) is 19.3 Å². The summed E-state index contributed by atoms with van der Waals surface area (Å²) in [4.78, 5) is 11.2. The molecule has 0 aromatic heterocycles. The van der Waals surface area contributed by atoms with Crippen molar-refractivity contribution >= 4 is 49.2 Å². The lowest BCUT2D eigenvalue weighted by molar-refractivity contribution is -0.146. The van der Waals surface area contributed by atoms with Crippen molar-refractivity contribution in [2.75, 3.05) is 24.7 Å². The third-order valence-corrected chi connectivity index (χ3v) is 4.72. The van der Waals surface area contributed by atoms with Gasteiger partial charge in [-0.05, 0) is 68.6 Å². The molecule has 26 heavy (non-hydrogen) atoms. The van der Waals surface area contributed by atoms with E-state index < -0.39 is 12.1 Å². The molecule has 1 unspecified atom stereocenters. The molecule has 2 aromatic carbocycles. The summed E-state index contributed by atoms with van der Waals surface area (Å²) < 4.78 is 25.4. The molecule has 0 amide bonds. The zero-order valence-electron chi connectivity index (χ0n) is 14.3. The van der Waals surface area contributed by atoms with Crippen LogP contribution in [-0.4, -0.2) is 25.8 Å². The first kappa shape index (κ1) is 20.5. The van der Waals surface area contributed by atoms with E-state index in [2.05, 4.69) is 41.9 Å². The van der Waals surface area contributed by atoms with Gasteiger partial charge in [-0.25, -0.2) is 9.18 Å². The van der Waals surface area contributed by atoms with E-state index in [9.17, 15) is 9.18 Å². The molecular weight excluding hydrogens is 471 g/mol. The van der Waals surface area contributed by atoms with E-state index >= 15 is 0 Å². The number of hydrogen-bond acceptors (Lipinski definition) is 5. The van der Waals surface area contributed by atoms with Crippen LogP contribution in [0, 0.1) is 0 Å². The van der Waals surface area contributed by atoms with Gasteiger partial charge in [-0.15, -0.1) is 0 Å². The first-order chi connectivity index (χ1) is 12.3. The molecule has 0 spiro atoms. The Hall–Kier alpha value is -1.80. The minimum absolute atomic E-state index is 0.0867. The Morgan fingerprint density at radius 1 is 1.27 bits per heavy atom. The van der Waals surface area contributed by atoms with E-state index in [1.54, 1.807) is 30.3 Å². The second-order valence-electron chi connectivity index (χ2n) is 5.46. The minimum Gasteiger partial charge on any atom is -0.467 e. The van der Waals surface area contributed by atoms with Crippen LogP contribution in [0.15, 0.2) is 39.3 Å². The number of nitrogens with two attached hydrogens (primary N) is 1. The monoisotopic (exact) mass is 488 g/mol. The lowest BCUT2D eigenvalue weighted by atomic mass is 10.1. The number of nitrogen functional groups attached to an aromatic ring is 1. The van der Waals surface area contributed by atoms with Crippen LogP contribution in [0.25, 0.3) is 0 Å². The van der Waals surface area contributed by atoms with Crippen molar-refractivity contribution in [1.29, 1.82) is 0 Å². The molecule has 140 valence electrons. The molecule has 0 aliphatic heterocycles. The summed E-state index contributed by atoms with van der Waals surface area (Å²) in [7, 11) is 1.16. The van der Waals surface area contributed by atoms with Gasteiger partial charge in [-0.3, -0.25) is 0 Å². The Bertz CT molecular complexity index is 779. The van der Waals surface area contributed by atoms with Crippen molar-refractivity contribution in [1.82, 2.24) is 0 Å². The van der Waals surface area contributed by atoms with E-state index in [1.807, 2.05) is 6.92 Å². The number of alkyl halides is 1. The third-order valence-electron chi connectivity index (χ3n) is 3.54. The minimum atomic E-state index is -1.72. The molecular formula is C18H19Br2FN2O3. The zero-order valence-corrected chi connectivity index (χ0v) is 17.5. The average Bonchev–Trinajstić information content (AvgIpc) is 2.60. The maximum atomic E-state index is 13.8. The van der Waals surface area contributed by atoms with Gasteiger partial charge in [-0.1, -0.05) is 0 Å². The molecule has 3 N–H and O–H groups in total. The van der Waals surface area contributed by atoms with Crippen molar-refractivity contribution in [3.63, 3.8) is 0 Å². The van der Waals surface area contributed by atoms with Crippen molar-refractivity contribution in [3.05, 3.63) is 44.8 Å². The SMILES string of the molecule is CCNc1cc(Oc2c(Br)cc(CC(F)C(=O)OC)cc2Br)ccc1N. The Balaban J connectivity index is 2.23. The van der Waals surface area contributed by atoms with Crippen molar-refractivity contribution < 1.29 is 18.7 Å². The predicted molar refractivity (Wildman–Crippen MR) is 108 cm³/mol. The Morgan fingerprint density at radius 3 is 2.50 bits per heavy atom. The highest BCUT2D eigenvalue weighted by Crippen LogP contribution is 2.39. The number of esters is 1. The molecule has 0 aliphatic carbocycles. The second kappa shape index (κ2) is 9.23. The number of carbonyl (C=O) groups is 1. The fourth-order valence-corrected chi connectivity index (χ4v) is 3.75. The predicted octanol–water partition coefficient (Wildman–Crippen LogP) is 5.07. The number of benzene rings is 2. The van der Waals surface area contributed by atoms with Gasteiger partial charge < -0.3 is 20.5 Å². The number of halogens is 3. The normalized spacial score (nSPS) is 11.7. The van der Waals surface area contributed by atoms with Crippen LogP contribution in [0.5, 0.6) is 11.5 Å². The summed E-state index contributed by atoms with van der Waals surface area (Å²) in [5.41, 5.74) is 7.96. The zero-order chi connectivity index (χ0) is 19.3. The molecule has 2 rings (SSSR count). The van der Waals surface area contributed by atoms with Crippen LogP contribution in [0.3, 0.4) is 0 Å². The first-order valence-electron chi connectivity index (χ1n) is 7.86. The molecule has 0 saturated carbocycles. The summed E-state index contributed by atoms with van der Waals surface area (Å²) in [5, 5.41) is 3.16. The largest absolute Gasteiger partial charge is 0.467 e. The first-order valence-corrected chi connectivity index (χ1v) is 9.45. The summed E-state index contributed by atoms with van der Waals surface area (Å²) >= 11 is 6.86. The van der Waals surface area contributed by atoms with E-state index in [-0.39, 0.29) is 6.42 Å². The van der Waals surface area contributed by atoms with Crippen LogP contribution in [0.4, 0.5) is 15.8 Å². The van der Waals surface area contributed by atoms with E-state index in [4.69, 9.17) is 10.5 Å². The molecule has 0 heterocycles. The average molecular weight is 490 g/mol. The number of methoxy groups -OCH3 is 1. The van der Waals surface area contributed by atoms with E-state index in [0.29, 0.717) is 31.7 Å². The van der Waals surface area contributed by atoms with Crippen molar-refractivity contribution in [2.24, 2.45) is 0 Å². The summed E-state index contributed by atoms with van der Waals surface area (Å²) in [6, 6.07) is 8.74. The third kappa shape index (κ3) is 5.11. The maximum absolute atomic E-state index is 13.8. The van der Waals surface area contributed by atoms with Gasteiger partial charge in [0, 0.05) is 19.0 Å². The quantitative estimate of drug-likeness (QED) is 0.419. The van der Waals surface area contributed by atoms with Gasteiger partial charge in [0.2, 0.25) is 6.17 Å². The van der Waals surface area contributed by atoms with Crippen LogP contribution < -0.4 is 15.8 Å². The highest BCUT2D eigenvalue weighted by atomic mass is 79.9. The fraction of sp³-hybridized carbons (Fsp3) is 0.278. The molecule has 0 fully saturated rings. The van der Waals surface area contributed by atoms with Gasteiger partial charge >= 0.3 is 5.97 Å². The summed E-state index contributed by atoms with van der Waals surface area (Å²) in [6.07, 6.45) is -1.80. The van der Waals surface area contributed by atoms with Crippen molar-refractivity contribution in [3.8, 4) is 11.5 Å².